The van der Waals surface area contributed by atoms with Crippen molar-refractivity contribution < 1.29 is 14.3 Å². The molecule has 6 nitrogen and oxygen atoms in total. The number of nitrogens with zero attached hydrogens (tertiary/aromatic N) is 2. The second-order valence-electron chi connectivity index (χ2n) is 6.08. The molecule has 1 aliphatic heterocycles. The van der Waals surface area contributed by atoms with Gasteiger partial charge in [0, 0.05) is 25.2 Å². The van der Waals surface area contributed by atoms with Crippen LogP contribution in [0.4, 0.5) is 11.4 Å². The highest BCUT2D eigenvalue weighted by Crippen LogP contribution is 2.28. The van der Waals surface area contributed by atoms with Crippen LogP contribution in [0.3, 0.4) is 0 Å². The number of anilines is 2. The summed E-state index contributed by atoms with van der Waals surface area (Å²) in [5.74, 6) is -0.239. The predicted molar refractivity (Wildman–Crippen MR) is 92.0 cm³/mol. The van der Waals surface area contributed by atoms with Crippen molar-refractivity contribution in [1.29, 1.82) is 0 Å². The lowest BCUT2D eigenvalue weighted by molar-refractivity contribution is -0.605. The number of hydrogen-bond acceptors (Lipinski definition) is 4. The minimum Gasteiger partial charge on any atom is -0.619 e. The van der Waals surface area contributed by atoms with Gasteiger partial charge in [-0.2, -0.15) is 4.73 Å². The molecular formula is C18H21N3O3. The Kier molecular flexibility index (Phi) is 4.66. The van der Waals surface area contributed by atoms with Crippen LogP contribution in [0.25, 0.3) is 0 Å². The number of nitrogens with one attached hydrogen (secondary N) is 1. The van der Waals surface area contributed by atoms with E-state index < -0.39 is 0 Å². The van der Waals surface area contributed by atoms with E-state index in [1.54, 1.807) is 0 Å². The van der Waals surface area contributed by atoms with Gasteiger partial charge in [-0.25, -0.2) is 0 Å². The second-order valence-corrected chi connectivity index (χ2v) is 6.08. The van der Waals surface area contributed by atoms with Crippen LogP contribution in [0, 0.1) is 5.21 Å². The summed E-state index contributed by atoms with van der Waals surface area (Å²) >= 11 is 0. The minimum atomic E-state index is -0.239. The Hall–Kier alpha value is -2.60. The molecule has 2 aromatic rings. The SMILES string of the molecule is C[C@H]1CN(c2ccccc2NC(=O)c2cc[n+]([O-])cc2)C[C@H](C)O1. The van der Waals surface area contributed by atoms with Crippen LogP contribution in [0.5, 0.6) is 0 Å². The zero-order chi connectivity index (χ0) is 17.1. The average molecular weight is 327 g/mol. The van der Waals surface area contributed by atoms with E-state index in [-0.39, 0.29) is 18.1 Å². The number of carbonyl (C=O) groups excluding carboxylic acids is 1. The Bertz CT molecular complexity index is 708. The largest absolute Gasteiger partial charge is 0.619 e. The van der Waals surface area contributed by atoms with Gasteiger partial charge < -0.3 is 20.2 Å². The summed E-state index contributed by atoms with van der Waals surface area (Å²) < 4.78 is 6.43. The van der Waals surface area contributed by atoms with Crippen LogP contribution in [-0.2, 0) is 4.74 Å². The van der Waals surface area contributed by atoms with Crippen LogP contribution >= 0.6 is 0 Å². The lowest BCUT2D eigenvalue weighted by Gasteiger charge is -2.37. The zero-order valence-corrected chi connectivity index (χ0v) is 13.8. The number of pyridine rings is 1. The first-order valence-corrected chi connectivity index (χ1v) is 8.02. The summed E-state index contributed by atoms with van der Waals surface area (Å²) in [7, 11) is 0. The molecule has 0 bridgehead atoms. The number of amides is 1. The summed E-state index contributed by atoms with van der Waals surface area (Å²) in [6.07, 6.45) is 2.90. The molecule has 126 valence electrons. The molecule has 6 heteroatoms. The molecule has 1 saturated heterocycles. The molecule has 1 aromatic carbocycles. The van der Waals surface area contributed by atoms with Crippen molar-refractivity contribution in [1.82, 2.24) is 0 Å². The molecule has 1 aliphatic rings. The summed E-state index contributed by atoms with van der Waals surface area (Å²) in [5, 5.41) is 14.0. The van der Waals surface area contributed by atoms with E-state index in [1.165, 1.54) is 24.5 Å². The summed E-state index contributed by atoms with van der Waals surface area (Å²) in [6.45, 7) is 5.65. The third-order valence-corrected chi connectivity index (χ3v) is 3.98. The Morgan fingerprint density at radius 3 is 2.46 bits per heavy atom. The molecule has 1 aromatic heterocycles. The quantitative estimate of drug-likeness (QED) is 0.693. The Labute approximate surface area is 141 Å². The molecule has 0 aliphatic carbocycles. The van der Waals surface area contributed by atoms with Crippen LogP contribution in [-0.4, -0.2) is 31.2 Å². The molecule has 24 heavy (non-hydrogen) atoms. The molecule has 0 saturated carbocycles. The number of benzene rings is 1. The number of ether oxygens (including phenoxy) is 1. The number of aromatic nitrogens is 1. The Morgan fingerprint density at radius 1 is 1.17 bits per heavy atom. The van der Waals surface area contributed by atoms with Crippen LogP contribution in [0.2, 0.25) is 0 Å². The number of rotatable bonds is 3. The van der Waals surface area contributed by atoms with Crippen molar-refractivity contribution in [2.45, 2.75) is 26.1 Å². The molecular weight excluding hydrogens is 306 g/mol. The van der Waals surface area contributed by atoms with Gasteiger partial charge in [-0.15, -0.1) is 0 Å². The Morgan fingerprint density at radius 2 is 1.79 bits per heavy atom. The van der Waals surface area contributed by atoms with Crippen LogP contribution < -0.4 is 14.9 Å². The van der Waals surface area contributed by atoms with Gasteiger partial charge in [0.2, 0.25) is 0 Å². The molecule has 1 fully saturated rings. The van der Waals surface area contributed by atoms with E-state index in [0.717, 1.165) is 24.5 Å². The van der Waals surface area contributed by atoms with Gasteiger partial charge in [-0.1, -0.05) is 12.1 Å². The van der Waals surface area contributed by atoms with Gasteiger partial charge in [0.15, 0.2) is 12.4 Å². The maximum Gasteiger partial charge on any atom is 0.256 e. The first-order valence-electron chi connectivity index (χ1n) is 8.02. The van der Waals surface area contributed by atoms with E-state index >= 15 is 0 Å². The fraction of sp³-hybridized carbons (Fsp3) is 0.333. The fourth-order valence-corrected chi connectivity index (χ4v) is 2.99. The van der Waals surface area contributed by atoms with Crippen molar-refractivity contribution in [2.24, 2.45) is 0 Å². The maximum atomic E-state index is 12.4. The first-order chi connectivity index (χ1) is 11.5. The van der Waals surface area contributed by atoms with Gasteiger partial charge in [0.1, 0.15) is 0 Å². The van der Waals surface area contributed by atoms with Crippen molar-refractivity contribution in [3.8, 4) is 0 Å². The molecule has 3 rings (SSSR count). The molecule has 2 atom stereocenters. The van der Waals surface area contributed by atoms with Gasteiger partial charge in [-0.05, 0) is 26.0 Å². The summed E-state index contributed by atoms with van der Waals surface area (Å²) in [4.78, 5) is 14.7. The van der Waals surface area contributed by atoms with Crippen molar-refractivity contribution >= 4 is 17.3 Å². The third kappa shape index (κ3) is 3.65. The summed E-state index contributed by atoms with van der Waals surface area (Å²) in [6, 6.07) is 10.7. The first kappa shape index (κ1) is 16.3. The highest BCUT2D eigenvalue weighted by atomic mass is 16.5. The van der Waals surface area contributed by atoms with E-state index in [1.807, 2.05) is 38.1 Å². The minimum absolute atomic E-state index is 0.138. The standard InChI is InChI=1S/C18H21N3O3/c1-13-11-20(12-14(2)24-13)17-6-4-3-5-16(17)19-18(22)15-7-9-21(23)10-8-15/h3-10,13-14H,11-12H2,1-2H3,(H,19,22)/t13-,14-/m0/s1. The molecule has 1 amide bonds. The molecule has 0 unspecified atom stereocenters. The summed E-state index contributed by atoms with van der Waals surface area (Å²) in [5.41, 5.74) is 2.17. The predicted octanol–water partition coefficient (Wildman–Crippen LogP) is 2.19. The average Bonchev–Trinajstić information content (AvgIpc) is 2.55. The molecule has 2 heterocycles. The monoisotopic (exact) mass is 327 g/mol. The third-order valence-electron chi connectivity index (χ3n) is 3.98. The number of para-hydroxylation sites is 2. The lowest BCUT2D eigenvalue weighted by atomic mass is 10.1. The van der Waals surface area contributed by atoms with Gasteiger partial charge >= 0.3 is 0 Å². The van der Waals surface area contributed by atoms with E-state index in [2.05, 4.69) is 10.2 Å². The molecule has 1 N–H and O–H groups in total. The van der Waals surface area contributed by atoms with Crippen LogP contribution in [0.1, 0.15) is 24.2 Å². The van der Waals surface area contributed by atoms with Gasteiger partial charge in [-0.3, -0.25) is 4.79 Å². The number of carbonyl (C=O) groups is 1. The smallest absolute Gasteiger partial charge is 0.256 e. The Balaban J connectivity index is 1.81. The number of hydrogen-bond donors (Lipinski definition) is 1. The van der Waals surface area contributed by atoms with Crippen LogP contribution in [0.15, 0.2) is 48.8 Å². The number of morpholine rings is 1. The highest BCUT2D eigenvalue weighted by Gasteiger charge is 2.24. The molecule has 0 radical (unpaired) electrons. The second kappa shape index (κ2) is 6.88. The van der Waals surface area contributed by atoms with Crippen molar-refractivity contribution in [2.75, 3.05) is 23.3 Å². The van der Waals surface area contributed by atoms with E-state index in [0.29, 0.717) is 10.3 Å². The maximum absolute atomic E-state index is 12.4. The molecule has 0 spiro atoms. The fourth-order valence-electron chi connectivity index (χ4n) is 2.99. The van der Waals surface area contributed by atoms with Crippen molar-refractivity contribution in [3.63, 3.8) is 0 Å². The topological polar surface area (TPSA) is 68.5 Å². The normalized spacial score (nSPS) is 20.7. The lowest BCUT2D eigenvalue weighted by Crippen LogP contribution is -2.45. The zero-order valence-electron chi connectivity index (χ0n) is 13.8. The van der Waals surface area contributed by atoms with Gasteiger partial charge in [0.05, 0.1) is 29.1 Å². The van der Waals surface area contributed by atoms with E-state index in [9.17, 15) is 10.0 Å². The highest BCUT2D eigenvalue weighted by molar-refractivity contribution is 6.05. The van der Waals surface area contributed by atoms with E-state index in [4.69, 9.17) is 4.74 Å². The van der Waals surface area contributed by atoms with Gasteiger partial charge in [0.25, 0.3) is 5.91 Å². The van der Waals surface area contributed by atoms with Crippen molar-refractivity contribution in [3.05, 3.63) is 59.6 Å².